The number of nitrogens with zero attached hydrogens (tertiary/aromatic N) is 5. The number of ether oxygens (including phenoxy) is 1. The summed E-state index contributed by atoms with van der Waals surface area (Å²) in [5.41, 5.74) is 8.89. The van der Waals surface area contributed by atoms with Gasteiger partial charge in [0, 0.05) is 41.5 Å². The van der Waals surface area contributed by atoms with Crippen molar-refractivity contribution in [1.82, 2.24) is 20.2 Å². The van der Waals surface area contributed by atoms with Crippen molar-refractivity contribution < 1.29 is 9.53 Å². The number of hydrogen-bond acceptors (Lipinski definition) is 8. The maximum absolute atomic E-state index is 11.9. The van der Waals surface area contributed by atoms with Crippen molar-refractivity contribution in [3.8, 4) is 21.8 Å². The molecule has 3 aromatic rings. The SMILES string of the molecule is Cc1ncccc1-c1csc(-c2cc(N3CCOCC3)nnc2C(N)=O)n1. The predicted octanol–water partition coefficient (Wildman–Crippen LogP) is 1.91. The highest BCUT2D eigenvalue weighted by molar-refractivity contribution is 7.13. The Bertz CT molecular complexity index is 983. The van der Waals surface area contributed by atoms with Gasteiger partial charge in [0.25, 0.3) is 5.91 Å². The Balaban J connectivity index is 1.75. The third-order valence-electron chi connectivity index (χ3n) is 4.37. The van der Waals surface area contributed by atoms with E-state index in [4.69, 9.17) is 15.5 Å². The smallest absolute Gasteiger partial charge is 0.269 e. The lowest BCUT2D eigenvalue weighted by Crippen LogP contribution is -2.37. The van der Waals surface area contributed by atoms with E-state index in [1.54, 1.807) is 6.20 Å². The second kappa shape index (κ2) is 7.37. The summed E-state index contributed by atoms with van der Waals surface area (Å²) in [6.07, 6.45) is 1.75. The van der Waals surface area contributed by atoms with Gasteiger partial charge in [-0.05, 0) is 25.1 Å². The average molecular weight is 382 g/mol. The normalized spacial score (nSPS) is 14.3. The molecule has 0 bridgehead atoms. The molecule has 0 spiro atoms. The van der Waals surface area contributed by atoms with Gasteiger partial charge >= 0.3 is 0 Å². The number of carbonyl (C=O) groups is 1. The third-order valence-corrected chi connectivity index (χ3v) is 5.24. The fraction of sp³-hybridized carbons (Fsp3) is 0.278. The van der Waals surface area contributed by atoms with Gasteiger partial charge in [0.2, 0.25) is 0 Å². The molecular formula is C18H18N6O2S. The van der Waals surface area contributed by atoms with E-state index in [1.165, 1.54) is 11.3 Å². The van der Waals surface area contributed by atoms with E-state index in [0.29, 0.717) is 29.6 Å². The number of morpholine rings is 1. The first kappa shape index (κ1) is 17.5. The molecule has 1 fully saturated rings. The van der Waals surface area contributed by atoms with E-state index >= 15 is 0 Å². The highest BCUT2D eigenvalue weighted by Gasteiger charge is 2.21. The molecule has 2 N–H and O–H groups in total. The van der Waals surface area contributed by atoms with E-state index in [9.17, 15) is 4.79 Å². The Hall–Kier alpha value is -2.91. The van der Waals surface area contributed by atoms with E-state index in [1.807, 2.05) is 30.5 Å². The summed E-state index contributed by atoms with van der Waals surface area (Å²) in [4.78, 5) is 22.9. The Morgan fingerprint density at radius 3 is 2.81 bits per heavy atom. The molecule has 1 aliphatic rings. The zero-order valence-electron chi connectivity index (χ0n) is 14.8. The van der Waals surface area contributed by atoms with Crippen LogP contribution in [0.3, 0.4) is 0 Å². The van der Waals surface area contributed by atoms with Crippen LogP contribution in [0.4, 0.5) is 5.82 Å². The molecule has 1 saturated heterocycles. The quantitative estimate of drug-likeness (QED) is 0.734. The number of aromatic nitrogens is 4. The molecule has 1 aliphatic heterocycles. The van der Waals surface area contributed by atoms with Crippen molar-refractivity contribution in [2.24, 2.45) is 5.73 Å². The second-order valence-electron chi connectivity index (χ2n) is 6.10. The van der Waals surface area contributed by atoms with Crippen molar-refractivity contribution in [3.63, 3.8) is 0 Å². The lowest BCUT2D eigenvalue weighted by molar-refractivity contribution is 0.0995. The van der Waals surface area contributed by atoms with Crippen LogP contribution in [0.25, 0.3) is 21.8 Å². The summed E-state index contributed by atoms with van der Waals surface area (Å²) in [7, 11) is 0. The van der Waals surface area contributed by atoms with Gasteiger partial charge < -0.3 is 15.4 Å². The molecule has 0 unspecified atom stereocenters. The fourth-order valence-corrected chi connectivity index (χ4v) is 3.79. The van der Waals surface area contributed by atoms with Gasteiger partial charge in [0.15, 0.2) is 11.5 Å². The molecule has 8 nitrogen and oxygen atoms in total. The zero-order valence-corrected chi connectivity index (χ0v) is 15.6. The van der Waals surface area contributed by atoms with Crippen LogP contribution in [0.1, 0.15) is 16.2 Å². The number of rotatable bonds is 4. The maximum atomic E-state index is 11.9. The topological polar surface area (TPSA) is 107 Å². The van der Waals surface area contributed by atoms with E-state index in [-0.39, 0.29) is 5.69 Å². The number of amides is 1. The van der Waals surface area contributed by atoms with E-state index in [2.05, 4.69) is 20.1 Å². The number of aryl methyl sites for hydroxylation is 1. The molecule has 9 heteroatoms. The number of thiazole rings is 1. The minimum atomic E-state index is -0.625. The second-order valence-corrected chi connectivity index (χ2v) is 6.96. The number of pyridine rings is 1. The molecule has 0 aliphatic carbocycles. The van der Waals surface area contributed by atoms with Gasteiger partial charge in [-0.2, -0.15) is 0 Å². The molecule has 0 aromatic carbocycles. The van der Waals surface area contributed by atoms with Crippen LogP contribution in [0.5, 0.6) is 0 Å². The van der Waals surface area contributed by atoms with Crippen LogP contribution in [0, 0.1) is 6.92 Å². The molecule has 4 heterocycles. The fourth-order valence-electron chi connectivity index (χ4n) is 2.95. The van der Waals surface area contributed by atoms with Crippen LogP contribution in [0.15, 0.2) is 29.8 Å². The molecule has 3 aromatic heterocycles. The maximum Gasteiger partial charge on any atom is 0.269 e. The van der Waals surface area contributed by atoms with Gasteiger partial charge in [0.05, 0.1) is 18.9 Å². The summed E-state index contributed by atoms with van der Waals surface area (Å²) in [5.74, 6) is 0.0629. The van der Waals surface area contributed by atoms with Gasteiger partial charge in [0.1, 0.15) is 5.01 Å². The number of nitrogens with two attached hydrogens (primary N) is 1. The Kier molecular flexibility index (Phi) is 4.78. The minimum Gasteiger partial charge on any atom is -0.378 e. The molecule has 0 radical (unpaired) electrons. The van der Waals surface area contributed by atoms with Crippen molar-refractivity contribution in [1.29, 1.82) is 0 Å². The predicted molar refractivity (Wildman–Crippen MR) is 103 cm³/mol. The van der Waals surface area contributed by atoms with Gasteiger partial charge in [-0.3, -0.25) is 9.78 Å². The molecule has 0 saturated carbocycles. The molecular weight excluding hydrogens is 364 g/mol. The lowest BCUT2D eigenvalue weighted by Gasteiger charge is -2.27. The number of anilines is 1. The molecule has 27 heavy (non-hydrogen) atoms. The Labute approximate surface area is 160 Å². The van der Waals surface area contributed by atoms with Gasteiger partial charge in [-0.15, -0.1) is 21.5 Å². The van der Waals surface area contributed by atoms with Crippen LogP contribution in [0.2, 0.25) is 0 Å². The van der Waals surface area contributed by atoms with Crippen LogP contribution < -0.4 is 10.6 Å². The Morgan fingerprint density at radius 2 is 2.07 bits per heavy atom. The monoisotopic (exact) mass is 382 g/mol. The van der Waals surface area contributed by atoms with E-state index < -0.39 is 5.91 Å². The standard InChI is InChI=1S/C18H18N6O2S/c1-11-12(3-2-4-20-11)14-10-27-18(21-14)13-9-15(22-23-16(13)17(19)25)24-5-7-26-8-6-24/h2-4,9-10H,5-8H2,1H3,(H2,19,25). The summed E-state index contributed by atoms with van der Waals surface area (Å²) in [6, 6.07) is 5.68. The zero-order chi connectivity index (χ0) is 18.8. The highest BCUT2D eigenvalue weighted by Crippen LogP contribution is 2.32. The third kappa shape index (κ3) is 3.51. The molecule has 0 atom stereocenters. The van der Waals surface area contributed by atoms with Crippen LogP contribution in [-0.2, 0) is 4.74 Å². The average Bonchev–Trinajstić information content (AvgIpc) is 3.18. The van der Waals surface area contributed by atoms with E-state index in [0.717, 1.165) is 30.0 Å². The minimum absolute atomic E-state index is 0.121. The first-order valence-corrected chi connectivity index (χ1v) is 9.39. The summed E-state index contributed by atoms with van der Waals surface area (Å²) < 4.78 is 5.38. The lowest BCUT2D eigenvalue weighted by atomic mass is 10.1. The Morgan fingerprint density at radius 1 is 1.26 bits per heavy atom. The first-order chi connectivity index (χ1) is 13.1. The number of hydrogen-bond donors (Lipinski definition) is 1. The molecule has 138 valence electrons. The number of carbonyl (C=O) groups excluding carboxylic acids is 1. The van der Waals surface area contributed by atoms with Crippen molar-refractivity contribution >= 4 is 23.1 Å². The molecule has 4 rings (SSSR count). The van der Waals surface area contributed by atoms with Crippen molar-refractivity contribution in [2.45, 2.75) is 6.92 Å². The summed E-state index contributed by atoms with van der Waals surface area (Å²) in [6.45, 7) is 4.66. The molecule has 1 amide bonds. The van der Waals surface area contributed by atoms with Gasteiger partial charge in [-0.25, -0.2) is 4.98 Å². The summed E-state index contributed by atoms with van der Waals surface area (Å²) in [5, 5.41) is 10.9. The van der Waals surface area contributed by atoms with Crippen molar-refractivity contribution in [2.75, 3.05) is 31.2 Å². The van der Waals surface area contributed by atoms with Crippen molar-refractivity contribution in [3.05, 3.63) is 41.2 Å². The number of primary amides is 1. The highest BCUT2D eigenvalue weighted by atomic mass is 32.1. The van der Waals surface area contributed by atoms with Crippen LogP contribution >= 0.6 is 11.3 Å². The van der Waals surface area contributed by atoms with Gasteiger partial charge in [-0.1, -0.05) is 0 Å². The summed E-state index contributed by atoms with van der Waals surface area (Å²) >= 11 is 1.44. The first-order valence-electron chi connectivity index (χ1n) is 8.51. The van der Waals surface area contributed by atoms with Crippen LogP contribution in [-0.4, -0.2) is 52.4 Å². The largest absolute Gasteiger partial charge is 0.378 e.